The maximum Gasteiger partial charge on any atom is 0.319 e. The van der Waals surface area contributed by atoms with Crippen LogP contribution in [0.25, 0.3) is 11.0 Å². The lowest BCUT2D eigenvalue weighted by molar-refractivity contribution is 0.204. The summed E-state index contributed by atoms with van der Waals surface area (Å²) in [5.41, 5.74) is 2.97. The minimum absolute atomic E-state index is 0.124. The summed E-state index contributed by atoms with van der Waals surface area (Å²) in [6.07, 6.45) is 8.16. The lowest BCUT2D eigenvalue weighted by Gasteiger charge is -2.34. The Morgan fingerprint density at radius 3 is 2.97 bits per heavy atom. The quantitative estimate of drug-likeness (QED) is 0.554. The number of carbonyl (C=O) groups is 1. The van der Waals surface area contributed by atoms with Crippen LogP contribution in [0.1, 0.15) is 37.2 Å². The first-order chi connectivity index (χ1) is 16.2. The molecule has 0 saturated carbocycles. The number of benzene rings is 1. The number of aromatic nitrogens is 3. The van der Waals surface area contributed by atoms with Gasteiger partial charge in [-0.3, -0.25) is 0 Å². The van der Waals surface area contributed by atoms with Gasteiger partial charge < -0.3 is 25.4 Å². The molecule has 2 unspecified atom stereocenters. The van der Waals surface area contributed by atoms with Crippen molar-refractivity contribution in [3.8, 4) is 0 Å². The third-order valence-electron chi connectivity index (χ3n) is 6.94. The van der Waals surface area contributed by atoms with Crippen molar-refractivity contribution in [1.29, 1.82) is 0 Å². The lowest BCUT2D eigenvalue weighted by Crippen LogP contribution is -2.40. The zero-order valence-electron chi connectivity index (χ0n) is 19.3. The number of nitrogens with zero attached hydrogens (tertiary/aromatic N) is 4. The molecule has 8 heteroatoms. The number of amides is 2. The molecule has 0 spiro atoms. The number of anilines is 2. The maximum absolute atomic E-state index is 12.5. The van der Waals surface area contributed by atoms with E-state index in [-0.39, 0.29) is 6.03 Å². The molecule has 174 valence electrons. The second-order valence-electron chi connectivity index (χ2n) is 9.45. The molecule has 1 aromatic carbocycles. The number of hydrogen-bond donors (Lipinski definition) is 3. The molecule has 3 N–H and O–H groups in total. The smallest absolute Gasteiger partial charge is 0.319 e. The summed E-state index contributed by atoms with van der Waals surface area (Å²) >= 11 is 0. The average molecular weight is 448 g/mol. The Labute approximate surface area is 194 Å². The van der Waals surface area contributed by atoms with Crippen LogP contribution in [0.5, 0.6) is 0 Å². The summed E-state index contributed by atoms with van der Waals surface area (Å²) in [5.74, 6) is 1.92. The molecule has 2 aromatic heterocycles. The highest BCUT2D eigenvalue weighted by Gasteiger charge is 2.24. The van der Waals surface area contributed by atoms with E-state index >= 15 is 0 Å². The van der Waals surface area contributed by atoms with Crippen LogP contribution in [0.15, 0.2) is 42.9 Å². The van der Waals surface area contributed by atoms with E-state index < -0.39 is 0 Å². The van der Waals surface area contributed by atoms with Gasteiger partial charge >= 0.3 is 6.03 Å². The minimum atomic E-state index is -0.124. The third-order valence-corrected chi connectivity index (χ3v) is 6.94. The van der Waals surface area contributed by atoms with Crippen LogP contribution < -0.4 is 15.5 Å². The first-order valence-electron chi connectivity index (χ1n) is 12.0. The van der Waals surface area contributed by atoms with Gasteiger partial charge in [-0.2, -0.15) is 0 Å². The normalized spacial score (nSPS) is 21.8. The molecule has 5 rings (SSSR count). The van der Waals surface area contributed by atoms with E-state index in [0.29, 0.717) is 11.8 Å². The molecule has 2 fully saturated rings. The Hall–Kier alpha value is -3.13. The number of hydrogen-bond acceptors (Lipinski definition) is 5. The van der Waals surface area contributed by atoms with E-state index in [1.807, 2.05) is 24.4 Å². The van der Waals surface area contributed by atoms with Crippen LogP contribution in [-0.2, 0) is 0 Å². The van der Waals surface area contributed by atoms with Crippen molar-refractivity contribution in [2.24, 2.45) is 5.92 Å². The highest BCUT2D eigenvalue weighted by Crippen LogP contribution is 2.32. The second-order valence-corrected chi connectivity index (χ2v) is 9.45. The summed E-state index contributed by atoms with van der Waals surface area (Å²) in [5, 5.41) is 7.16. The Balaban J connectivity index is 1.21. The Kier molecular flexibility index (Phi) is 6.44. The van der Waals surface area contributed by atoms with Crippen LogP contribution in [0.4, 0.5) is 16.3 Å². The number of H-pyrrole nitrogens is 1. The van der Waals surface area contributed by atoms with Crippen molar-refractivity contribution < 1.29 is 4.79 Å². The number of piperidine rings is 2. The Morgan fingerprint density at radius 1 is 1.15 bits per heavy atom. The molecule has 3 aromatic rings. The maximum atomic E-state index is 12.5. The van der Waals surface area contributed by atoms with E-state index in [9.17, 15) is 4.79 Å². The van der Waals surface area contributed by atoms with E-state index in [2.05, 4.69) is 54.6 Å². The first-order valence-corrected chi connectivity index (χ1v) is 12.0. The monoisotopic (exact) mass is 447 g/mol. The number of nitrogens with one attached hydrogen (secondary N) is 3. The molecule has 2 saturated heterocycles. The topological polar surface area (TPSA) is 89.2 Å². The van der Waals surface area contributed by atoms with Crippen molar-refractivity contribution >= 4 is 28.6 Å². The molecule has 2 aliphatic heterocycles. The number of rotatable bonds is 5. The fourth-order valence-corrected chi connectivity index (χ4v) is 5.27. The van der Waals surface area contributed by atoms with Gasteiger partial charge in [-0.15, -0.1) is 0 Å². The highest BCUT2D eigenvalue weighted by molar-refractivity contribution is 5.89. The van der Waals surface area contributed by atoms with E-state index in [1.54, 1.807) is 6.33 Å². The average Bonchev–Trinajstić information content (AvgIpc) is 3.32. The fraction of sp³-hybridized carbons (Fsp3) is 0.480. The predicted molar refractivity (Wildman–Crippen MR) is 132 cm³/mol. The van der Waals surface area contributed by atoms with Crippen LogP contribution in [-0.4, -0.2) is 65.7 Å². The summed E-state index contributed by atoms with van der Waals surface area (Å²) in [7, 11) is 2.15. The number of fused-ring (bicyclic) bond motifs is 1. The first kappa shape index (κ1) is 21.7. The SMILES string of the molecule is CN1CCCC(CNC(=O)Nc2cccc(C3CCCN(c4ncnc5[nH]ccc45)C3)c2)C1. The molecular formula is C25H33N7O. The van der Waals surface area contributed by atoms with Gasteiger partial charge in [-0.1, -0.05) is 12.1 Å². The fourth-order valence-electron chi connectivity index (χ4n) is 5.27. The number of urea groups is 1. The Morgan fingerprint density at radius 2 is 2.06 bits per heavy atom. The molecule has 2 aliphatic rings. The van der Waals surface area contributed by atoms with Gasteiger partial charge in [0.2, 0.25) is 0 Å². The van der Waals surface area contributed by atoms with Crippen LogP contribution in [0.3, 0.4) is 0 Å². The lowest BCUT2D eigenvalue weighted by atomic mass is 9.90. The van der Waals surface area contributed by atoms with Gasteiger partial charge in [0, 0.05) is 44.0 Å². The molecule has 8 nitrogen and oxygen atoms in total. The van der Waals surface area contributed by atoms with Gasteiger partial charge in [-0.05, 0) is 69.0 Å². The molecule has 4 heterocycles. The summed E-state index contributed by atoms with van der Waals surface area (Å²) < 4.78 is 0. The van der Waals surface area contributed by atoms with Gasteiger partial charge in [0.05, 0.1) is 5.39 Å². The van der Waals surface area contributed by atoms with E-state index in [0.717, 1.165) is 68.1 Å². The number of carbonyl (C=O) groups excluding carboxylic acids is 1. The molecule has 33 heavy (non-hydrogen) atoms. The third kappa shape index (κ3) is 5.11. The molecule has 0 bridgehead atoms. The molecule has 0 radical (unpaired) electrons. The van der Waals surface area contributed by atoms with Gasteiger partial charge in [0.15, 0.2) is 0 Å². The number of aromatic amines is 1. The zero-order chi connectivity index (χ0) is 22.6. The molecule has 2 atom stereocenters. The highest BCUT2D eigenvalue weighted by atomic mass is 16.2. The van der Waals surface area contributed by atoms with Crippen LogP contribution in [0, 0.1) is 5.92 Å². The van der Waals surface area contributed by atoms with Crippen LogP contribution >= 0.6 is 0 Å². The largest absolute Gasteiger partial charge is 0.355 e. The van der Waals surface area contributed by atoms with Crippen molar-refractivity contribution in [2.45, 2.75) is 31.6 Å². The summed E-state index contributed by atoms with van der Waals surface area (Å²) in [4.78, 5) is 29.3. The minimum Gasteiger partial charge on any atom is -0.355 e. The second kappa shape index (κ2) is 9.79. The van der Waals surface area contributed by atoms with Crippen molar-refractivity contribution in [1.82, 2.24) is 25.2 Å². The summed E-state index contributed by atoms with van der Waals surface area (Å²) in [6, 6.07) is 10.2. The molecule has 2 amide bonds. The standard InChI is InChI=1S/C25H33N7O/c1-31-11-3-5-18(15-31)14-27-25(33)30-21-8-2-6-19(13-21)20-7-4-12-32(16-20)24-22-9-10-26-23(22)28-17-29-24/h2,6,8-10,13,17-18,20H,3-5,7,11-12,14-16H2,1H3,(H,26,28,29)(H2,27,30,33). The van der Waals surface area contributed by atoms with E-state index in [1.165, 1.54) is 18.4 Å². The van der Waals surface area contributed by atoms with Crippen LogP contribution in [0.2, 0.25) is 0 Å². The molecule has 0 aliphatic carbocycles. The van der Waals surface area contributed by atoms with Gasteiger partial charge in [0.25, 0.3) is 0 Å². The summed E-state index contributed by atoms with van der Waals surface area (Å²) in [6.45, 7) is 4.82. The molecular weight excluding hydrogens is 414 g/mol. The van der Waals surface area contributed by atoms with Gasteiger partial charge in [0.1, 0.15) is 17.8 Å². The predicted octanol–water partition coefficient (Wildman–Crippen LogP) is 3.81. The van der Waals surface area contributed by atoms with Crippen molar-refractivity contribution in [3.05, 3.63) is 48.4 Å². The zero-order valence-corrected chi connectivity index (χ0v) is 19.3. The Bertz CT molecular complexity index is 1100. The van der Waals surface area contributed by atoms with E-state index in [4.69, 9.17) is 0 Å². The van der Waals surface area contributed by atoms with Crippen molar-refractivity contribution in [3.63, 3.8) is 0 Å². The van der Waals surface area contributed by atoms with Gasteiger partial charge in [-0.25, -0.2) is 14.8 Å². The number of likely N-dealkylation sites (tertiary alicyclic amines) is 1. The van der Waals surface area contributed by atoms with Crippen molar-refractivity contribution in [2.75, 3.05) is 50.0 Å².